The molecule has 0 fully saturated rings. The van der Waals surface area contributed by atoms with E-state index in [9.17, 15) is 0 Å². The Hall–Kier alpha value is -0.780. The van der Waals surface area contributed by atoms with Crippen LogP contribution in [-0.2, 0) is 6.42 Å². The van der Waals surface area contributed by atoms with E-state index >= 15 is 0 Å². The van der Waals surface area contributed by atoms with Gasteiger partial charge in [0.2, 0.25) is 0 Å². The number of benzene rings is 1. The van der Waals surface area contributed by atoms with Crippen LogP contribution in [0.4, 0.5) is 0 Å². The summed E-state index contributed by atoms with van der Waals surface area (Å²) in [5, 5.41) is 3.29. The highest BCUT2D eigenvalue weighted by Crippen LogP contribution is 2.13. The fraction of sp³-hybridized carbons (Fsp3) is 0.385. The Labute approximate surface area is 100 Å². The average molecular weight is 266 g/mol. The quantitative estimate of drug-likeness (QED) is 0.826. The fourth-order valence-electron chi connectivity index (χ4n) is 1.45. The molecule has 0 aliphatic carbocycles. The molecular formula is C13H16BrN. The molecule has 0 heterocycles. The van der Waals surface area contributed by atoms with Gasteiger partial charge in [0.1, 0.15) is 0 Å². The molecule has 15 heavy (non-hydrogen) atoms. The van der Waals surface area contributed by atoms with Crippen LogP contribution in [0.2, 0.25) is 0 Å². The highest BCUT2D eigenvalue weighted by Gasteiger charge is 2.05. The summed E-state index contributed by atoms with van der Waals surface area (Å²) in [5.41, 5.74) is 1.33. The molecule has 2 heteroatoms. The third-order valence-corrected chi connectivity index (χ3v) is 2.80. The van der Waals surface area contributed by atoms with E-state index in [2.05, 4.69) is 51.3 Å². The first kappa shape index (κ1) is 12.3. The molecular weight excluding hydrogens is 250 g/mol. The lowest BCUT2D eigenvalue weighted by Gasteiger charge is -2.13. The molecule has 0 amide bonds. The number of likely N-dealkylation sites (N-methyl/N-ethyl adjacent to an activating group) is 1. The number of rotatable bonds is 4. The zero-order valence-corrected chi connectivity index (χ0v) is 10.8. The Morgan fingerprint density at radius 3 is 2.87 bits per heavy atom. The van der Waals surface area contributed by atoms with E-state index < -0.39 is 0 Å². The second-order valence-corrected chi connectivity index (χ2v) is 4.37. The van der Waals surface area contributed by atoms with Crippen LogP contribution in [-0.4, -0.2) is 13.1 Å². The average Bonchev–Trinajstić information content (AvgIpc) is 2.24. The van der Waals surface area contributed by atoms with Crippen LogP contribution in [0.25, 0.3) is 0 Å². The Morgan fingerprint density at radius 2 is 2.27 bits per heavy atom. The maximum Gasteiger partial charge on any atom is 0.0246 e. The molecule has 1 N–H and O–H groups in total. The minimum atomic E-state index is 0.437. The SMILES string of the molecule is CC#CCC(Cc1cccc(Br)c1)NC. The second-order valence-electron chi connectivity index (χ2n) is 3.45. The van der Waals surface area contributed by atoms with E-state index in [0.29, 0.717) is 6.04 Å². The lowest BCUT2D eigenvalue weighted by atomic mass is 10.0. The van der Waals surface area contributed by atoms with Crippen molar-refractivity contribution >= 4 is 15.9 Å². The molecule has 0 spiro atoms. The first-order chi connectivity index (χ1) is 7.26. The van der Waals surface area contributed by atoms with E-state index in [1.807, 2.05) is 20.0 Å². The van der Waals surface area contributed by atoms with Crippen molar-refractivity contribution in [1.82, 2.24) is 5.32 Å². The van der Waals surface area contributed by atoms with Crippen molar-refractivity contribution in [3.8, 4) is 11.8 Å². The molecule has 0 radical (unpaired) electrons. The molecule has 80 valence electrons. The Morgan fingerprint density at radius 1 is 1.47 bits per heavy atom. The van der Waals surface area contributed by atoms with Crippen LogP contribution in [0.15, 0.2) is 28.7 Å². The molecule has 1 rings (SSSR count). The van der Waals surface area contributed by atoms with Crippen LogP contribution in [0.3, 0.4) is 0 Å². The van der Waals surface area contributed by atoms with Crippen LogP contribution in [0.1, 0.15) is 18.9 Å². The molecule has 0 bridgehead atoms. The van der Waals surface area contributed by atoms with Crippen LogP contribution < -0.4 is 5.32 Å². The maximum absolute atomic E-state index is 3.48. The smallest absolute Gasteiger partial charge is 0.0246 e. The number of halogens is 1. The molecule has 0 aliphatic rings. The predicted octanol–water partition coefficient (Wildman–Crippen LogP) is 2.99. The standard InChI is InChI=1S/C13H16BrN/c1-3-4-8-13(15-2)10-11-6-5-7-12(14)9-11/h5-7,9,13,15H,8,10H2,1-2H3. The Bertz CT molecular complexity index is 362. The molecule has 1 unspecified atom stereocenters. The summed E-state index contributed by atoms with van der Waals surface area (Å²) in [4.78, 5) is 0. The van der Waals surface area contributed by atoms with Crippen molar-refractivity contribution in [1.29, 1.82) is 0 Å². The third kappa shape index (κ3) is 4.51. The normalized spacial score (nSPS) is 11.7. The van der Waals surface area contributed by atoms with Gasteiger partial charge in [-0.25, -0.2) is 0 Å². The Kier molecular flexibility index (Phi) is 5.45. The largest absolute Gasteiger partial charge is 0.316 e. The Balaban J connectivity index is 2.60. The van der Waals surface area contributed by atoms with Gasteiger partial charge in [0.25, 0.3) is 0 Å². The number of nitrogens with one attached hydrogen (secondary N) is 1. The van der Waals surface area contributed by atoms with E-state index in [1.54, 1.807) is 0 Å². The summed E-state index contributed by atoms with van der Waals surface area (Å²) < 4.78 is 1.14. The van der Waals surface area contributed by atoms with Crippen LogP contribution in [0.5, 0.6) is 0 Å². The predicted molar refractivity (Wildman–Crippen MR) is 68.8 cm³/mol. The van der Waals surface area contributed by atoms with Gasteiger partial charge in [-0.2, -0.15) is 0 Å². The van der Waals surface area contributed by atoms with E-state index in [-0.39, 0.29) is 0 Å². The van der Waals surface area contributed by atoms with Gasteiger partial charge in [-0.05, 0) is 38.1 Å². The summed E-state index contributed by atoms with van der Waals surface area (Å²) in [6, 6.07) is 8.85. The van der Waals surface area contributed by atoms with Crippen molar-refractivity contribution in [2.24, 2.45) is 0 Å². The van der Waals surface area contributed by atoms with Crippen molar-refractivity contribution in [2.45, 2.75) is 25.8 Å². The summed E-state index contributed by atoms with van der Waals surface area (Å²) in [6.45, 7) is 1.88. The van der Waals surface area contributed by atoms with Gasteiger partial charge in [0, 0.05) is 16.9 Å². The summed E-state index contributed by atoms with van der Waals surface area (Å²) in [7, 11) is 1.99. The van der Waals surface area contributed by atoms with Crippen LogP contribution in [0, 0.1) is 11.8 Å². The second kappa shape index (κ2) is 6.66. The molecule has 0 aliphatic heterocycles. The van der Waals surface area contributed by atoms with Gasteiger partial charge < -0.3 is 5.32 Å². The highest BCUT2D eigenvalue weighted by molar-refractivity contribution is 9.10. The highest BCUT2D eigenvalue weighted by atomic mass is 79.9. The molecule has 0 saturated carbocycles. The molecule has 0 saturated heterocycles. The van der Waals surface area contributed by atoms with Crippen molar-refractivity contribution in [3.63, 3.8) is 0 Å². The minimum Gasteiger partial charge on any atom is -0.316 e. The van der Waals surface area contributed by atoms with Gasteiger partial charge in [0.05, 0.1) is 0 Å². The zero-order chi connectivity index (χ0) is 11.1. The minimum absolute atomic E-state index is 0.437. The molecule has 1 nitrogen and oxygen atoms in total. The molecule has 1 aromatic carbocycles. The van der Waals surface area contributed by atoms with Gasteiger partial charge in [-0.3, -0.25) is 0 Å². The fourth-order valence-corrected chi connectivity index (χ4v) is 1.90. The molecule has 1 aromatic rings. The summed E-state index contributed by atoms with van der Waals surface area (Å²) >= 11 is 3.48. The lowest BCUT2D eigenvalue weighted by Crippen LogP contribution is -2.26. The van der Waals surface area contributed by atoms with Crippen molar-refractivity contribution in [2.75, 3.05) is 7.05 Å². The first-order valence-electron chi connectivity index (χ1n) is 5.07. The zero-order valence-electron chi connectivity index (χ0n) is 9.18. The van der Waals surface area contributed by atoms with E-state index in [0.717, 1.165) is 17.3 Å². The monoisotopic (exact) mass is 265 g/mol. The summed E-state index contributed by atoms with van der Waals surface area (Å²) in [6.07, 6.45) is 1.92. The lowest BCUT2D eigenvalue weighted by molar-refractivity contribution is 0.573. The van der Waals surface area contributed by atoms with Gasteiger partial charge >= 0.3 is 0 Å². The molecule has 1 atom stereocenters. The third-order valence-electron chi connectivity index (χ3n) is 2.30. The van der Waals surface area contributed by atoms with E-state index in [1.165, 1.54) is 5.56 Å². The molecule has 0 aromatic heterocycles. The maximum atomic E-state index is 3.48. The topological polar surface area (TPSA) is 12.0 Å². The summed E-state index contributed by atoms with van der Waals surface area (Å²) in [5.74, 6) is 6.04. The van der Waals surface area contributed by atoms with Gasteiger partial charge in [-0.15, -0.1) is 11.8 Å². The number of hydrogen-bond donors (Lipinski definition) is 1. The van der Waals surface area contributed by atoms with Gasteiger partial charge in [0.15, 0.2) is 0 Å². The van der Waals surface area contributed by atoms with Crippen molar-refractivity contribution in [3.05, 3.63) is 34.3 Å². The van der Waals surface area contributed by atoms with Gasteiger partial charge in [-0.1, -0.05) is 28.1 Å². The van der Waals surface area contributed by atoms with Crippen LogP contribution >= 0.6 is 15.9 Å². The number of hydrogen-bond acceptors (Lipinski definition) is 1. The van der Waals surface area contributed by atoms with Crippen molar-refractivity contribution < 1.29 is 0 Å². The van der Waals surface area contributed by atoms with E-state index in [4.69, 9.17) is 0 Å². The first-order valence-corrected chi connectivity index (χ1v) is 5.87.